The zero-order chi connectivity index (χ0) is 18.0. The zero-order valence-electron chi connectivity index (χ0n) is 15.5. The average molecular weight is 350 g/mol. The van der Waals surface area contributed by atoms with Gasteiger partial charge in [-0.15, -0.1) is 0 Å². The first-order chi connectivity index (χ1) is 11.6. The van der Waals surface area contributed by atoms with Gasteiger partial charge in [-0.1, -0.05) is 27.7 Å². The van der Waals surface area contributed by atoms with E-state index in [-0.39, 0.29) is 29.4 Å². The molecule has 3 saturated heterocycles. The topological polar surface area (TPSA) is 77.7 Å². The number of epoxide rings is 2. The van der Waals surface area contributed by atoms with Crippen LogP contribution in [0.5, 0.6) is 0 Å². The van der Waals surface area contributed by atoms with Crippen molar-refractivity contribution < 1.29 is 28.5 Å². The van der Waals surface area contributed by atoms with E-state index in [1.54, 1.807) is 0 Å². The quantitative estimate of drug-likeness (QED) is 0.561. The highest BCUT2D eigenvalue weighted by Crippen LogP contribution is 2.79. The summed E-state index contributed by atoms with van der Waals surface area (Å²) in [5.74, 6) is -1.89. The van der Waals surface area contributed by atoms with Crippen molar-refractivity contribution in [2.45, 2.75) is 83.1 Å². The van der Waals surface area contributed by atoms with Crippen molar-refractivity contribution in [2.75, 3.05) is 0 Å². The minimum Gasteiger partial charge on any atom is -0.458 e. The van der Waals surface area contributed by atoms with Gasteiger partial charge >= 0.3 is 11.9 Å². The molecule has 3 aliphatic heterocycles. The van der Waals surface area contributed by atoms with Gasteiger partial charge < -0.3 is 18.9 Å². The van der Waals surface area contributed by atoms with E-state index >= 15 is 0 Å². The van der Waals surface area contributed by atoms with Gasteiger partial charge in [-0.3, -0.25) is 9.59 Å². The van der Waals surface area contributed by atoms with Gasteiger partial charge in [0.05, 0.1) is 17.9 Å². The molecule has 2 saturated carbocycles. The van der Waals surface area contributed by atoms with Crippen LogP contribution in [0.2, 0.25) is 0 Å². The lowest BCUT2D eigenvalue weighted by Crippen LogP contribution is -2.66. The molecule has 25 heavy (non-hydrogen) atoms. The first-order valence-corrected chi connectivity index (χ1v) is 9.46. The van der Waals surface area contributed by atoms with E-state index in [0.717, 1.165) is 12.8 Å². The third kappa shape index (κ3) is 1.48. The molecule has 0 N–H and O–H groups in total. The molecule has 5 rings (SSSR count). The Balaban J connectivity index is 1.65. The number of rotatable bonds is 2. The largest absolute Gasteiger partial charge is 0.458 e. The van der Waals surface area contributed by atoms with Gasteiger partial charge in [0.15, 0.2) is 5.60 Å². The highest BCUT2D eigenvalue weighted by Gasteiger charge is 2.96. The summed E-state index contributed by atoms with van der Waals surface area (Å²) in [5, 5.41) is 0. The van der Waals surface area contributed by atoms with Crippen molar-refractivity contribution in [3.8, 4) is 0 Å². The van der Waals surface area contributed by atoms with Gasteiger partial charge in [-0.05, 0) is 25.7 Å². The standard InChI is InChI=1S/C19H26O6/c1-9(2)13(20)22-15-16(5)10(3)6-7-12-17(16,23-12)8-18-19(15,25-18)11(4)14(21)24-18/h9-12,15H,6-8H2,1-5H3. The van der Waals surface area contributed by atoms with Crippen LogP contribution in [0.4, 0.5) is 0 Å². The summed E-state index contributed by atoms with van der Waals surface area (Å²) in [6.07, 6.45) is 2.17. The molecule has 5 aliphatic rings. The van der Waals surface area contributed by atoms with Crippen molar-refractivity contribution in [2.24, 2.45) is 23.2 Å². The molecule has 8 unspecified atom stereocenters. The van der Waals surface area contributed by atoms with Crippen LogP contribution >= 0.6 is 0 Å². The molecule has 6 heteroatoms. The Morgan fingerprint density at radius 1 is 1.28 bits per heavy atom. The molecule has 2 aliphatic carbocycles. The number of esters is 2. The van der Waals surface area contributed by atoms with Gasteiger partial charge in [0, 0.05) is 11.8 Å². The molecule has 8 atom stereocenters. The molecule has 138 valence electrons. The average Bonchev–Trinajstić information content (AvgIpc) is 3.40. The molecule has 0 aromatic carbocycles. The van der Waals surface area contributed by atoms with Gasteiger partial charge in [0.1, 0.15) is 11.7 Å². The third-order valence-electron chi connectivity index (χ3n) is 7.90. The lowest BCUT2D eigenvalue weighted by atomic mass is 9.50. The second-order valence-electron chi connectivity index (χ2n) is 9.20. The molecule has 3 heterocycles. The summed E-state index contributed by atoms with van der Waals surface area (Å²) in [4.78, 5) is 24.9. The van der Waals surface area contributed by atoms with Crippen molar-refractivity contribution in [1.29, 1.82) is 0 Å². The minimum atomic E-state index is -0.975. The summed E-state index contributed by atoms with van der Waals surface area (Å²) in [6, 6.07) is 0. The highest BCUT2D eigenvalue weighted by molar-refractivity contribution is 5.80. The van der Waals surface area contributed by atoms with E-state index in [4.69, 9.17) is 18.9 Å². The summed E-state index contributed by atoms with van der Waals surface area (Å²) in [7, 11) is 0. The van der Waals surface area contributed by atoms with Gasteiger partial charge in [0.2, 0.25) is 0 Å². The fraction of sp³-hybridized carbons (Fsp3) is 0.895. The highest BCUT2D eigenvalue weighted by atomic mass is 16.8. The fourth-order valence-electron chi connectivity index (χ4n) is 6.07. The second-order valence-corrected chi connectivity index (χ2v) is 9.20. The Morgan fingerprint density at radius 2 is 2.00 bits per heavy atom. The number of hydrogen-bond donors (Lipinski definition) is 0. The maximum atomic E-state index is 12.5. The smallest absolute Gasteiger partial charge is 0.314 e. The van der Waals surface area contributed by atoms with Crippen molar-refractivity contribution in [3.63, 3.8) is 0 Å². The molecule has 6 nitrogen and oxygen atoms in total. The summed E-state index contributed by atoms with van der Waals surface area (Å²) >= 11 is 0. The van der Waals surface area contributed by atoms with Crippen LogP contribution in [-0.2, 0) is 28.5 Å². The van der Waals surface area contributed by atoms with Crippen molar-refractivity contribution in [3.05, 3.63) is 0 Å². The van der Waals surface area contributed by atoms with E-state index in [0.29, 0.717) is 12.3 Å². The fourth-order valence-corrected chi connectivity index (χ4v) is 6.07. The van der Waals surface area contributed by atoms with Crippen molar-refractivity contribution >= 4 is 11.9 Å². The van der Waals surface area contributed by atoms with E-state index in [1.165, 1.54) is 0 Å². The first-order valence-electron chi connectivity index (χ1n) is 9.46. The Labute approximate surface area is 147 Å². The van der Waals surface area contributed by atoms with E-state index < -0.39 is 29.0 Å². The molecule has 0 bridgehead atoms. The molecule has 0 aromatic heterocycles. The van der Waals surface area contributed by atoms with Crippen LogP contribution in [0.15, 0.2) is 0 Å². The van der Waals surface area contributed by atoms with E-state index in [1.807, 2.05) is 20.8 Å². The summed E-state index contributed by atoms with van der Waals surface area (Å²) in [6.45, 7) is 9.83. The van der Waals surface area contributed by atoms with E-state index in [2.05, 4.69) is 13.8 Å². The second kappa shape index (κ2) is 4.22. The Kier molecular flexibility index (Phi) is 2.71. The van der Waals surface area contributed by atoms with Gasteiger partial charge in [0.25, 0.3) is 5.79 Å². The predicted octanol–water partition coefficient (Wildman–Crippen LogP) is 2.19. The predicted molar refractivity (Wildman–Crippen MR) is 85.2 cm³/mol. The molecular weight excluding hydrogens is 324 g/mol. The van der Waals surface area contributed by atoms with Crippen LogP contribution < -0.4 is 0 Å². The molecule has 0 radical (unpaired) electrons. The number of carbonyl (C=O) groups excluding carboxylic acids is 2. The van der Waals surface area contributed by atoms with Crippen LogP contribution in [0.25, 0.3) is 0 Å². The van der Waals surface area contributed by atoms with Gasteiger partial charge in [-0.25, -0.2) is 0 Å². The molecule has 0 aromatic rings. The first kappa shape index (κ1) is 16.1. The SMILES string of the molecule is CC(C)C(=O)OC1C2(C)C(C)CCC3OC32CC23OC(=O)C(C)C12O3. The van der Waals surface area contributed by atoms with Gasteiger partial charge in [-0.2, -0.15) is 0 Å². The lowest BCUT2D eigenvalue weighted by Gasteiger charge is -2.52. The number of hydrogen-bond acceptors (Lipinski definition) is 6. The number of ether oxygens (including phenoxy) is 4. The number of carbonyl (C=O) groups is 2. The lowest BCUT2D eigenvalue weighted by molar-refractivity contribution is -0.187. The van der Waals surface area contributed by atoms with Crippen molar-refractivity contribution in [1.82, 2.24) is 0 Å². The van der Waals surface area contributed by atoms with Crippen LogP contribution in [-0.4, -0.2) is 41.1 Å². The van der Waals surface area contributed by atoms with Crippen LogP contribution in [0.1, 0.15) is 53.9 Å². The molecular formula is C19H26O6. The van der Waals surface area contributed by atoms with Crippen LogP contribution in [0, 0.1) is 23.2 Å². The maximum Gasteiger partial charge on any atom is 0.314 e. The zero-order valence-corrected chi connectivity index (χ0v) is 15.5. The molecule has 1 spiro atoms. The summed E-state index contributed by atoms with van der Waals surface area (Å²) in [5.41, 5.74) is -1.67. The third-order valence-corrected chi connectivity index (χ3v) is 7.90. The minimum absolute atomic E-state index is 0.139. The summed E-state index contributed by atoms with van der Waals surface area (Å²) < 4.78 is 24.2. The van der Waals surface area contributed by atoms with E-state index in [9.17, 15) is 9.59 Å². The molecule has 0 amide bonds. The monoisotopic (exact) mass is 350 g/mol. The Bertz CT molecular complexity index is 689. The Hall–Kier alpha value is -1.14. The Morgan fingerprint density at radius 3 is 2.68 bits per heavy atom. The van der Waals surface area contributed by atoms with Crippen LogP contribution in [0.3, 0.4) is 0 Å². The normalized spacial score (nSPS) is 57.8. The molecule has 5 fully saturated rings. The maximum absolute atomic E-state index is 12.5.